The van der Waals surface area contributed by atoms with E-state index in [1.165, 1.54) is 4.68 Å². The van der Waals surface area contributed by atoms with Gasteiger partial charge in [0.1, 0.15) is 0 Å². The summed E-state index contributed by atoms with van der Waals surface area (Å²) in [6, 6.07) is 16.6. The molecule has 0 unspecified atom stereocenters. The Kier molecular flexibility index (Phi) is 7.19. The number of primary amides is 1. The molecule has 36 heavy (non-hydrogen) atoms. The number of allylic oxidation sites excluding steroid dienone is 2. The van der Waals surface area contributed by atoms with Crippen LogP contribution in [-0.4, -0.2) is 37.1 Å². The quantitative estimate of drug-likeness (QED) is 0.203. The molecule has 7 N–H and O–H groups in total. The minimum absolute atomic E-state index is 0.00943. The van der Waals surface area contributed by atoms with Gasteiger partial charge >= 0.3 is 0 Å². The zero-order chi connectivity index (χ0) is 25.5. The van der Waals surface area contributed by atoms with E-state index < -0.39 is 11.8 Å². The highest BCUT2D eigenvalue weighted by molar-refractivity contribution is 5.98. The van der Waals surface area contributed by atoms with Crippen LogP contribution < -0.4 is 27.6 Å². The van der Waals surface area contributed by atoms with Gasteiger partial charge < -0.3 is 22.2 Å². The zero-order valence-corrected chi connectivity index (χ0v) is 19.3. The summed E-state index contributed by atoms with van der Waals surface area (Å²) in [6.07, 6.45) is 2.63. The molecule has 2 aromatic heterocycles. The number of benzene rings is 2. The minimum atomic E-state index is -0.602. The molecule has 184 valence electrons. The SMILES string of the molecule is C/C(=C/Cc1ccccc1)NNC(=O)c1nnn(-c2nonc2N)c1CNc1ccccc1C(N)=O. The highest BCUT2D eigenvalue weighted by atomic mass is 16.6. The van der Waals surface area contributed by atoms with Crippen molar-refractivity contribution < 1.29 is 14.2 Å². The topological polar surface area (TPSA) is 192 Å². The predicted octanol–water partition coefficient (Wildman–Crippen LogP) is 1.32. The van der Waals surface area contributed by atoms with Crippen LogP contribution in [0.2, 0.25) is 0 Å². The lowest BCUT2D eigenvalue weighted by Crippen LogP contribution is -2.37. The standard InChI is InChI=1S/C23H24N10O3/c1-14(11-12-15-7-3-2-4-8-15)27-29-23(35)19-18(33(32-28-19)22-20(24)30-36-31-22)13-26-17-10-6-5-9-16(17)21(25)34/h2-11,26-27H,12-13H2,1H3,(H2,24,30)(H2,25,34)(H,29,35)/b14-11-. The Balaban J connectivity index is 1.53. The van der Waals surface area contributed by atoms with Gasteiger partial charge in [0.05, 0.1) is 17.8 Å². The van der Waals surface area contributed by atoms with Gasteiger partial charge in [-0.05, 0) is 41.4 Å². The van der Waals surface area contributed by atoms with Gasteiger partial charge in [-0.15, -0.1) is 5.10 Å². The number of carbonyl (C=O) groups is 2. The van der Waals surface area contributed by atoms with Gasteiger partial charge in [-0.25, -0.2) is 4.63 Å². The molecule has 4 aromatic rings. The van der Waals surface area contributed by atoms with E-state index in [9.17, 15) is 9.59 Å². The summed E-state index contributed by atoms with van der Waals surface area (Å²) in [5, 5.41) is 18.4. The molecule has 0 bridgehead atoms. The van der Waals surface area contributed by atoms with Crippen molar-refractivity contribution in [3.63, 3.8) is 0 Å². The number of aromatic nitrogens is 5. The molecule has 0 saturated heterocycles. The van der Waals surface area contributed by atoms with Gasteiger partial charge in [0.15, 0.2) is 5.69 Å². The van der Waals surface area contributed by atoms with Crippen LogP contribution in [0.15, 0.2) is 71.0 Å². The van der Waals surface area contributed by atoms with Crippen molar-refractivity contribution in [2.24, 2.45) is 5.73 Å². The van der Waals surface area contributed by atoms with Crippen LogP contribution in [0.1, 0.15) is 39.0 Å². The fourth-order valence-corrected chi connectivity index (χ4v) is 3.33. The fourth-order valence-electron chi connectivity index (χ4n) is 3.33. The number of nitrogens with zero attached hydrogens (tertiary/aromatic N) is 5. The Bertz CT molecular complexity index is 1390. The Hall–Kier alpha value is -5.20. The molecule has 0 atom stereocenters. The lowest BCUT2D eigenvalue weighted by atomic mass is 10.1. The predicted molar refractivity (Wildman–Crippen MR) is 130 cm³/mol. The number of carbonyl (C=O) groups excluding carboxylic acids is 2. The van der Waals surface area contributed by atoms with Crippen LogP contribution >= 0.6 is 0 Å². The van der Waals surface area contributed by atoms with Crippen LogP contribution in [0.3, 0.4) is 0 Å². The van der Waals surface area contributed by atoms with Gasteiger partial charge in [0, 0.05) is 11.4 Å². The number of nitrogens with two attached hydrogens (primary N) is 2. The fraction of sp³-hybridized carbons (Fsp3) is 0.130. The van der Waals surface area contributed by atoms with Crippen LogP contribution in [-0.2, 0) is 13.0 Å². The average Bonchev–Trinajstić information content (AvgIpc) is 3.51. The average molecular weight is 489 g/mol. The molecule has 13 heteroatoms. The van der Waals surface area contributed by atoms with Crippen LogP contribution in [0.25, 0.3) is 5.82 Å². The van der Waals surface area contributed by atoms with Crippen molar-refractivity contribution >= 4 is 23.3 Å². The summed E-state index contributed by atoms with van der Waals surface area (Å²) < 4.78 is 5.90. The van der Waals surface area contributed by atoms with Crippen LogP contribution in [0, 0.1) is 0 Å². The summed E-state index contributed by atoms with van der Waals surface area (Å²) >= 11 is 0. The maximum atomic E-state index is 13.0. The first-order chi connectivity index (χ1) is 17.4. The molecule has 4 rings (SSSR count). The third-order valence-corrected chi connectivity index (χ3v) is 5.17. The maximum absolute atomic E-state index is 13.0. The molecule has 0 fully saturated rings. The second-order valence-corrected chi connectivity index (χ2v) is 7.69. The molecule has 0 radical (unpaired) electrons. The number of hydrogen-bond acceptors (Lipinski definition) is 10. The molecule has 0 aliphatic heterocycles. The lowest BCUT2D eigenvalue weighted by Gasteiger charge is -2.12. The smallest absolute Gasteiger partial charge is 0.292 e. The van der Waals surface area contributed by atoms with Gasteiger partial charge in [0.25, 0.3) is 11.8 Å². The molecular formula is C23H24N10O3. The van der Waals surface area contributed by atoms with Crippen LogP contribution in [0.5, 0.6) is 0 Å². The highest BCUT2D eigenvalue weighted by Gasteiger charge is 2.24. The molecular weight excluding hydrogens is 464 g/mol. The summed E-state index contributed by atoms with van der Waals surface area (Å²) in [7, 11) is 0. The van der Waals surface area contributed by atoms with Crippen molar-refractivity contribution in [2.45, 2.75) is 19.9 Å². The van der Waals surface area contributed by atoms with Gasteiger partial charge in [-0.2, -0.15) is 4.68 Å². The van der Waals surface area contributed by atoms with Crippen molar-refractivity contribution in [1.29, 1.82) is 0 Å². The number of rotatable bonds is 10. The van der Waals surface area contributed by atoms with E-state index in [2.05, 4.69) is 41.4 Å². The number of anilines is 2. The number of amides is 2. The number of hydrogen-bond donors (Lipinski definition) is 5. The molecule has 2 amide bonds. The number of para-hydroxylation sites is 1. The van der Waals surface area contributed by atoms with E-state index >= 15 is 0 Å². The Morgan fingerprint density at radius 1 is 1.06 bits per heavy atom. The second kappa shape index (κ2) is 10.8. The monoisotopic (exact) mass is 488 g/mol. The van der Waals surface area contributed by atoms with E-state index in [1.54, 1.807) is 24.3 Å². The second-order valence-electron chi connectivity index (χ2n) is 7.69. The first-order valence-electron chi connectivity index (χ1n) is 10.9. The first kappa shape index (κ1) is 23.9. The van der Waals surface area contributed by atoms with Crippen molar-refractivity contribution in [2.75, 3.05) is 11.1 Å². The molecule has 13 nitrogen and oxygen atoms in total. The Labute approximate surface area is 205 Å². The van der Waals surface area contributed by atoms with Crippen molar-refractivity contribution in [3.05, 3.63) is 88.9 Å². The van der Waals surface area contributed by atoms with E-state index in [0.29, 0.717) is 17.8 Å². The third-order valence-electron chi connectivity index (χ3n) is 5.17. The Morgan fingerprint density at radius 3 is 2.53 bits per heavy atom. The van der Waals surface area contributed by atoms with Crippen molar-refractivity contribution in [1.82, 2.24) is 36.2 Å². The normalized spacial score (nSPS) is 11.2. The highest BCUT2D eigenvalue weighted by Crippen LogP contribution is 2.19. The number of nitrogen functional groups attached to an aromatic ring is 1. The molecule has 2 aromatic carbocycles. The van der Waals surface area contributed by atoms with Crippen LogP contribution in [0.4, 0.5) is 11.5 Å². The summed E-state index contributed by atoms with van der Waals surface area (Å²) in [5.41, 5.74) is 19.7. The molecule has 0 saturated carbocycles. The molecule has 0 spiro atoms. The third kappa shape index (κ3) is 5.47. The molecule has 0 aliphatic carbocycles. The van der Waals surface area contributed by atoms with Gasteiger partial charge in [-0.3, -0.25) is 15.0 Å². The number of nitrogens with one attached hydrogen (secondary N) is 3. The summed E-state index contributed by atoms with van der Waals surface area (Å²) in [5.74, 6) is -1.13. The molecule has 2 heterocycles. The zero-order valence-electron chi connectivity index (χ0n) is 19.3. The van der Waals surface area contributed by atoms with E-state index in [1.807, 2.05) is 43.3 Å². The van der Waals surface area contributed by atoms with E-state index in [0.717, 1.165) is 11.3 Å². The van der Waals surface area contributed by atoms with Crippen molar-refractivity contribution in [3.8, 4) is 5.82 Å². The summed E-state index contributed by atoms with van der Waals surface area (Å²) in [4.78, 5) is 24.8. The maximum Gasteiger partial charge on any atom is 0.292 e. The largest absolute Gasteiger partial charge is 0.379 e. The lowest BCUT2D eigenvalue weighted by molar-refractivity contribution is 0.0931. The van der Waals surface area contributed by atoms with Gasteiger partial charge in [0.2, 0.25) is 11.6 Å². The minimum Gasteiger partial charge on any atom is -0.379 e. The molecule has 0 aliphatic rings. The van der Waals surface area contributed by atoms with E-state index in [-0.39, 0.29) is 29.4 Å². The summed E-state index contributed by atoms with van der Waals surface area (Å²) in [6.45, 7) is 1.85. The van der Waals surface area contributed by atoms with E-state index in [4.69, 9.17) is 11.5 Å². The first-order valence-corrected chi connectivity index (χ1v) is 10.9. The number of hydrazine groups is 1. The Morgan fingerprint density at radius 2 is 1.81 bits per heavy atom. The van der Waals surface area contributed by atoms with Gasteiger partial charge in [-0.1, -0.05) is 53.8 Å².